The predicted octanol–water partition coefficient (Wildman–Crippen LogP) is 1.90. The van der Waals surface area contributed by atoms with Crippen molar-refractivity contribution in [2.75, 3.05) is 20.2 Å². The summed E-state index contributed by atoms with van der Waals surface area (Å²) in [6.45, 7) is 4.83. The number of carbonyl (C=O) groups excluding carboxylic acids is 1. The summed E-state index contributed by atoms with van der Waals surface area (Å²) in [5.41, 5.74) is -0.725. The molecule has 110 valence electrons. The number of hydrogen-bond donors (Lipinski definition) is 1. The lowest BCUT2D eigenvalue weighted by Gasteiger charge is -2.24. The average molecular weight is 271 g/mol. The van der Waals surface area contributed by atoms with Crippen LogP contribution in [0.15, 0.2) is 0 Å². The molecule has 19 heavy (non-hydrogen) atoms. The third-order valence-corrected chi connectivity index (χ3v) is 4.06. The zero-order valence-corrected chi connectivity index (χ0v) is 12.1. The number of nitrogens with zero attached hydrogens (tertiary/aromatic N) is 1. The first-order valence-electron chi connectivity index (χ1n) is 6.99. The SMILES string of the molecule is CCCC1(C(=O)O)CCN(C(=O)CCC(C)OC)C1. The van der Waals surface area contributed by atoms with Crippen LogP contribution < -0.4 is 0 Å². The molecule has 0 aromatic heterocycles. The fraction of sp³-hybridized carbons (Fsp3) is 0.857. The van der Waals surface area contributed by atoms with E-state index in [-0.39, 0.29) is 12.0 Å². The number of aliphatic carboxylic acids is 1. The second kappa shape index (κ2) is 6.89. The Morgan fingerprint density at radius 1 is 1.47 bits per heavy atom. The van der Waals surface area contributed by atoms with Crippen LogP contribution in [0, 0.1) is 5.41 Å². The summed E-state index contributed by atoms with van der Waals surface area (Å²) in [6.07, 6.45) is 3.21. The van der Waals surface area contributed by atoms with E-state index in [2.05, 4.69) is 0 Å². The van der Waals surface area contributed by atoms with Gasteiger partial charge >= 0.3 is 5.97 Å². The topological polar surface area (TPSA) is 66.8 Å². The van der Waals surface area contributed by atoms with E-state index in [1.165, 1.54) is 0 Å². The van der Waals surface area contributed by atoms with Crippen LogP contribution in [-0.4, -0.2) is 48.2 Å². The smallest absolute Gasteiger partial charge is 0.311 e. The van der Waals surface area contributed by atoms with E-state index < -0.39 is 11.4 Å². The lowest BCUT2D eigenvalue weighted by molar-refractivity contribution is -0.149. The van der Waals surface area contributed by atoms with E-state index >= 15 is 0 Å². The normalized spacial score (nSPS) is 24.5. The van der Waals surface area contributed by atoms with Crippen LogP contribution in [-0.2, 0) is 14.3 Å². The molecule has 1 rings (SSSR count). The van der Waals surface area contributed by atoms with Crippen LogP contribution in [0.1, 0.15) is 46.0 Å². The Bertz CT molecular complexity index is 331. The van der Waals surface area contributed by atoms with Crippen molar-refractivity contribution in [1.82, 2.24) is 4.90 Å². The summed E-state index contributed by atoms with van der Waals surface area (Å²) < 4.78 is 5.12. The van der Waals surface area contributed by atoms with Crippen molar-refractivity contribution in [2.24, 2.45) is 5.41 Å². The van der Waals surface area contributed by atoms with Gasteiger partial charge in [-0.25, -0.2) is 0 Å². The second-order valence-electron chi connectivity index (χ2n) is 5.49. The number of ether oxygens (including phenoxy) is 1. The molecule has 1 aliphatic rings. The number of carbonyl (C=O) groups is 2. The lowest BCUT2D eigenvalue weighted by atomic mass is 9.83. The molecule has 0 bridgehead atoms. The molecule has 1 heterocycles. The Hall–Kier alpha value is -1.10. The molecule has 1 N–H and O–H groups in total. The van der Waals surface area contributed by atoms with E-state index in [4.69, 9.17) is 4.74 Å². The van der Waals surface area contributed by atoms with E-state index in [0.29, 0.717) is 38.8 Å². The minimum Gasteiger partial charge on any atom is -0.481 e. The molecule has 5 nitrogen and oxygen atoms in total. The van der Waals surface area contributed by atoms with Gasteiger partial charge in [0.1, 0.15) is 0 Å². The number of hydrogen-bond acceptors (Lipinski definition) is 3. The number of amides is 1. The van der Waals surface area contributed by atoms with Crippen LogP contribution in [0.25, 0.3) is 0 Å². The van der Waals surface area contributed by atoms with Gasteiger partial charge in [0.15, 0.2) is 0 Å². The summed E-state index contributed by atoms with van der Waals surface area (Å²) in [4.78, 5) is 25.2. The maximum atomic E-state index is 12.1. The van der Waals surface area contributed by atoms with Gasteiger partial charge in [0.05, 0.1) is 11.5 Å². The van der Waals surface area contributed by atoms with Gasteiger partial charge < -0.3 is 14.7 Å². The third kappa shape index (κ3) is 3.93. The zero-order chi connectivity index (χ0) is 14.5. The van der Waals surface area contributed by atoms with E-state index in [1.807, 2.05) is 13.8 Å². The van der Waals surface area contributed by atoms with Crippen LogP contribution >= 0.6 is 0 Å². The number of rotatable bonds is 7. The fourth-order valence-corrected chi connectivity index (χ4v) is 2.65. The highest BCUT2D eigenvalue weighted by molar-refractivity contribution is 5.80. The van der Waals surface area contributed by atoms with Crippen molar-refractivity contribution in [3.8, 4) is 0 Å². The van der Waals surface area contributed by atoms with Gasteiger partial charge in [0, 0.05) is 26.6 Å². The average Bonchev–Trinajstić information content (AvgIpc) is 2.81. The minimum atomic E-state index is -0.769. The first-order chi connectivity index (χ1) is 8.95. The van der Waals surface area contributed by atoms with Gasteiger partial charge in [-0.05, 0) is 26.2 Å². The van der Waals surface area contributed by atoms with Gasteiger partial charge in [0.25, 0.3) is 0 Å². The molecular formula is C14H25NO4. The van der Waals surface area contributed by atoms with E-state index in [0.717, 1.165) is 6.42 Å². The van der Waals surface area contributed by atoms with E-state index in [1.54, 1.807) is 12.0 Å². The summed E-state index contributed by atoms with van der Waals surface area (Å²) in [5, 5.41) is 9.39. The van der Waals surface area contributed by atoms with Gasteiger partial charge in [-0.2, -0.15) is 0 Å². The fourth-order valence-electron chi connectivity index (χ4n) is 2.65. The minimum absolute atomic E-state index is 0.0446. The van der Waals surface area contributed by atoms with Crippen molar-refractivity contribution < 1.29 is 19.4 Å². The van der Waals surface area contributed by atoms with Crippen LogP contribution in [0.2, 0.25) is 0 Å². The van der Waals surface area contributed by atoms with Gasteiger partial charge in [-0.15, -0.1) is 0 Å². The first-order valence-corrected chi connectivity index (χ1v) is 6.99. The molecule has 1 fully saturated rings. The van der Waals surface area contributed by atoms with Crippen LogP contribution in [0.3, 0.4) is 0 Å². The molecule has 2 unspecified atom stereocenters. The molecule has 0 radical (unpaired) electrons. The number of carboxylic acids is 1. The Kier molecular flexibility index (Phi) is 5.79. The molecule has 2 atom stereocenters. The van der Waals surface area contributed by atoms with Crippen molar-refractivity contribution in [2.45, 2.75) is 52.1 Å². The monoisotopic (exact) mass is 271 g/mol. The molecule has 0 aliphatic carbocycles. The highest BCUT2D eigenvalue weighted by Gasteiger charge is 2.45. The Morgan fingerprint density at radius 3 is 2.68 bits per heavy atom. The highest BCUT2D eigenvalue weighted by atomic mass is 16.5. The zero-order valence-electron chi connectivity index (χ0n) is 12.1. The number of methoxy groups -OCH3 is 1. The number of carboxylic acid groups (broad SMARTS) is 1. The maximum Gasteiger partial charge on any atom is 0.311 e. The quantitative estimate of drug-likeness (QED) is 0.768. The summed E-state index contributed by atoms with van der Waals surface area (Å²) in [7, 11) is 1.63. The Labute approximate surface area is 114 Å². The molecule has 0 saturated carbocycles. The maximum absolute atomic E-state index is 12.1. The largest absolute Gasteiger partial charge is 0.481 e. The standard InChI is InChI=1S/C14H25NO4/c1-4-7-14(13(17)18)8-9-15(10-14)12(16)6-5-11(2)19-3/h11H,4-10H2,1-3H3,(H,17,18). The van der Waals surface area contributed by atoms with Gasteiger partial charge in [-0.3, -0.25) is 9.59 Å². The Balaban J connectivity index is 2.54. The summed E-state index contributed by atoms with van der Waals surface area (Å²) >= 11 is 0. The van der Waals surface area contributed by atoms with Crippen LogP contribution in [0.4, 0.5) is 0 Å². The first kappa shape index (κ1) is 16.0. The summed E-state index contributed by atoms with van der Waals surface area (Å²) in [6, 6.07) is 0. The van der Waals surface area contributed by atoms with Crippen molar-refractivity contribution in [3.05, 3.63) is 0 Å². The molecule has 1 amide bonds. The number of likely N-dealkylation sites (tertiary alicyclic amines) is 1. The van der Waals surface area contributed by atoms with Crippen molar-refractivity contribution in [1.29, 1.82) is 0 Å². The van der Waals surface area contributed by atoms with Gasteiger partial charge in [0.2, 0.25) is 5.91 Å². The highest BCUT2D eigenvalue weighted by Crippen LogP contribution is 2.35. The molecular weight excluding hydrogens is 246 g/mol. The molecule has 0 spiro atoms. The van der Waals surface area contributed by atoms with Gasteiger partial charge in [-0.1, -0.05) is 13.3 Å². The van der Waals surface area contributed by atoms with Crippen LogP contribution in [0.5, 0.6) is 0 Å². The lowest BCUT2D eigenvalue weighted by Crippen LogP contribution is -2.37. The molecule has 1 aliphatic heterocycles. The molecule has 0 aromatic carbocycles. The predicted molar refractivity (Wildman–Crippen MR) is 71.9 cm³/mol. The van der Waals surface area contributed by atoms with E-state index in [9.17, 15) is 14.7 Å². The Morgan fingerprint density at radius 2 is 2.16 bits per heavy atom. The summed E-state index contributed by atoms with van der Waals surface area (Å²) in [5.74, 6) is -0.724. The van der Waals surface area contributed by atoms with Crippen molar-refractivity contribution >= 4 is 11.9 Å². The van der Waals surface area contributed by atoms with Crippen molar-refractivity contribution in [3.63, 3.8) is 0 Å². The molecule has 5 heteroatoms. The molecule has 1 saturated heterocycles. The molecule has 0 aromatic rings. The second-order valence-corrected chi connectivity index (χ2v) is 5.49. The third-order valence-electron chi connectivity index (χ3n) is 4.06.